The number of carbonyl (C=O) groups excluding carboxylic acids is 2. The lowest BCUT2D eigenvalue weighted by Gasteiger charge is -2.10. The average molecular weight is 474 g/mol. The number of aryl methyl sites for hydroxylation is 2. The van der Waals surface area contributed by atoms with Crippen molar-refractivity contribution in [3.8, 4) is 0 Å². The maximum atomic E-state index is 13.1. The van der Waals surface area contributed by atoms with Gasteiger partial charge in [-0.2, -0.15) is 18.2 Å². The number of nitrogens with zero attached hydrogens (tertiary/aromatic N) is 4. The zero-order valence-electron chi connectivity index (χ0n) is 16.8. The molecule has 170 valence electrons. The van der Waals surface area contributed by atoms with Gasteiger partial charge in [0.2, 0.25) is 0 Å². The molecule has 3 aromatic rings. The largest absolute Gasteiger partial charge is 0.456 e. The highest BCUT2D eigenvalue weighted by Crippen LogP contribution is 2.27. The SMILES string of the molecule is Cc1nc2nc(C(F)(F)F)nn2c(C)c1CCC(=O)OCC(=O)Nc1ccc(F)c(Cl)c1. The molecular formula is C19H16ClF4N5O3. The molecule has 0 saturated carbocycles. The Balaban J connectivity index is 1.59. The number of ether oxygens (including phenoxy) is 1. The standard InChI is InChI=1S/C19H16ClF4N5O3/c1-9-12(10(2)29-18(25-9)27-17(28-29)19(22,23)24)4-6-16(31)32-8-15(30)26-11-3-5-14(21)13(20)7-11/h3,5,7H,4,6,8H2,1-2H3,(H,26,30). The molecule has 0 unspecified atom stereocenters. The molecule has 0 aliphatic heterocycles. The van der Waals surface area contributed by atoms with Crippen LogP contribution in [0.1, 0.15) is 29.2 Å². The van der Waals surface area contributed by atoms with E-state index in [1.807, 2.05) is 0 Å². The highest BCUT2D eigenvalue weighted by atomic mass is 35.5. The van der Waals surface area contributed by atoms with Crippen molar-refractivity contribution in [2.75, 3.05) is 11.9 Å². The molecule has 0 spiro atoms. The first-order chi connectivity index (χ1) is 15.0. The van der Waals surface area contributed by atoms with Crippen LogP contribution in [0.3, 0.4) is 0 Å². The summed E-state index contributed by atoms with van der Waals surface area (Å²) in [5, 5.41) is 5.67. The van der Waals surface area contributed by atoms with Crippen LogP contribution in [0.5, 0.6) is 0 Å². The second-order valence-electron chi connectivity index (χ2n) is 6.74. The first-order valence-corrected chi connectivity index (χ1v) is 9.54. The van der Waals surface area contributed by atoms with Crippen molar-refractivity contribution in [2.24, 2.45) is 0 Å². The van der Waals surface area contributed by atoms with Crippen LogP contribution < -0.4 is 5.32 Å². The number of hydrogen-bond donors (Lipinski definition) is 1. The number of halogens is 5. The molecule has 2 aromatic heterocycles. The van der Waals surface area contributed by atoms with E-state index < -0.39 is 36.3 Å². The van der Waals surface area contributed by atoms with Gasteiger partial charge >= 0.3 is 12.1 Å². The van der Waals surface area contributed by atoms with Crippen LogP contribution >= 0.6 is 11.6 Å². The molecule has 0 aliphatic carbocycles. The Hall–Kier alpha value is -3.28. The van der Waals surface area contributed by atoms with E-state index in [2.05, 4.69) is 20.4 Å². The highest BCUT2D eigenvalue weighted by Gasteiger charge is 2.37. The van der Waals surface area contributed by atoms with E-state index in [0.29, 0.717) is 17.0 Å². The fourth-order valence-electron chi connectivity index (χ4n) is 2.91. The topological polar surface area (TPSA) is 98.5 Å². The van der Waals surface area contributed by atoms with E-state index in [9.17, 15) is 27.2 Å². The predicted octanol–water partition coefficient (Wildman–Crippen LogP) is 3.67. The van der Waals surface area contributed by atoms with Crippen LogP contribution in [0, 0.1) is 19.7 Å². The van der Waals surface area contributed by atoms with Gasteiger partial charge in [-0.05, 0) is 44.0 Å². The first-order valence-electron chi connectivity index (χ1n) is 9.16. The van der Waals surface area contributed by atoms with E-state index in [1.165, 1.54) is 12.1 Å². The summed E-state index contributed by atoms with van der Waals surface area (Å²) in [6.45, 7) is 2.54. The van der Waals surface area contributed by atoms with Crippen molar-refractivity contribution in [1.82, 2.24) is 19.6 Å². The van der Waals surface area contributed by atoms with Crippen molar-refractivity contribution < 1.29 is 31.9 Å². The molecule has 0 bridgehead atoms. The number of carbonyl (C=O) groups is 2. The number of amides is 1. The van der Waals surface area contributed by atoms with Gasteiger partial charge in [-0.15, -0.1) is 5.10 Å². The van der Waals surface area contributed by atoms with E-state index in [4.69, 9.17) is 16.3 Å². The van der Waals surface area contributed by atoms with Gasteiger partial charge in [0, 0.05) is 23.5 Å². The molecule has 13 heteroatoms. The number of rotatable bonds is 6. The number of hydrogen-bond acceptors (Lipinski definition) is 6. The Morgan fingerprint density at radius 3 is 2.59 bits per heavy atom. The van der Waals surface area contributed by atoms with Gasteiger partial charge in [0.25, 0.3) is 17.5 Å². The lowest BCUT2D eigenvalue weighted by molar-refractivity contribution is -0.147. The normalized spacial score (nSPS) is 11.6. The van der Waals surface area contributed by atoms with Gasteiger partial charge < -0.3 is 10.1 Å². The lowest BCUT2D eigenvalue weighted by atomic mass is 10.1. The van der Waals surface area contributed by atoms with Crippen molar-refractivity contribution in [1.29, 1.82) is 0 Å². The summed E-state index contributed by atoms with van der Waals surface area (Å²) in [7, 11) is 0. The zero-order chi connectivity index (χ0) is 23.6. The molecule has 32 heavy (non-hydrogen) atoms. The lowest BCUT2D eigenvalue weighted by Crippen LogP contribution is -2.21. The minimum atomic E-state index is -4.71. The Morgan fingerprint density at radius 2 is 1.94 bits per heavy atom. The second-order valence-corrected chi connectivity index (χ2v) is 7.15. The molecule has 0 aliphatic rings. The maximum Gasteiger partial charge on any atom is 0.453 e. The quantitative estimate of drug-likeness (QED) is 0.433. The Labute approximate surface area is 183 Å². The average Bonchev–Trinajstić information content (AvgIpc) is 3.14. The molecule has 1 amide bonds. The summed E-state index contributed by atoms with van der Waals surface area (Å²) >= 11 is 5.63. The van der Waals surface area contributed by atoms with E-state index in [0.717, 1.165) is 10.6 Å². The summed E-state index contributed by atoms with van der Waals surface area (Å²) in [6, 6.07) is 3.58. The second kappa shape index (κ2) is 9.07. The number of nitrogens with one attached hydrogen (secondary N) is 1. The molecular weight excluding hydrogens is 458 g/mol. The summed E-state index contributed by atoms with van der Waals surface area (Å²) in [5.41, 5.74) is 1.50. The fourth-order valence-corrected chi connectivity index (χ4v) is 3.09. The van der Waals surface area contributed by atoms with Crippen molar-refractivity contribution in [3.63, 3.8) is 0 Å². The first kappa shape index (κ1) is 23.4. The van der Waals surface area contributed by atoms with Gasteiger partial charge in [-0.25, -0.2) is 13.9 Å². The van der Waals surface area contributed by atoms with Crippen LogP contribution in [0.15, 0.2) is 18.2 Å². The highest BCUT2D eigenvalue weighted by molar-refractivity contribution is 6.31. The van der Waals surface area contributed by atoms with Gasteiger partial charge in [0.05, 0.1) is 5.02 Å². The fraction of sp³-hybridized carbons (Fsp3) is 0.316. The van der Waals surface area contributed by atoms with Gasteiger partial charge in [-0.3, -0.25) is 9.59 Å². The van der Waals surface area contributed by atoms with Crippen molar-refractivity contribution >= 4 is 34.9 Å². The van der Waals surface area contributed by atoms with Gasteiger partial charge in [0.15, 0.2) is 6.61 Å². The number of esters is 1. The number of anilines is 1. The van der Waals surface area contributed by atoms with Crippen LogP contribution in [-0.4, -0.2) is 38.1 Å². The minimum absolute atomic E-state index is 0.107. The molecule has 3 rings (SSSR count). The predicted molar refractivity (Wildman–Crippen MR) is 105 cm³/mol. The molecule has 0 fully saturated rings. The summed E-state index contributed by atoms with van der Waals surface area (Å²) in [4.78, 5) is 31.3. The van der Waals surface area contributed by atoms with Crippen LogP contribution in [-0.2, 0) is 26.9 Å². The van der Waals surface area contributed by atoms with Crippen LogP contribution in [0.25, 0.3) is 5.78 Å². The molecule has 0 atom stereocenters. The third-order valence-electron chi connectivity index (χ3n) is 4.45. The minimum Gasteiger partial charge on any atom is -0.456 e. The van der Waals surface area contributed by atoms with Crippen molar-refractivity contribution in [2.45, 2.75) is 32.9 Å². The number of aromatic nitrogens is 4. The van der Waals surface area contributed by atoms with E-state index in [-0.39, 0.29) is 29.3 Å². The molecule has 1 N–H and O–H groups in total. The summed E-state index contributed by atoms with van der Waals surface area (Å²) < 4.78 is 57.6. The third kappa shape index (κ3) is 5.31. The number of fused-ring (bicyclic) bond motifs is 1. The van der Waals surface area contributed by atoms with Crippen molar-refractivity contribution in [3.05, 3.63) is 51.8 Å². The summed E-state index contributed by atoms with van der Waals surface area (Å²) in [5.74, 6) is -3.51. The summed E-state index contributed by atoms with van der Waals surface area (Å²) in [6.07, 6.45) is -4.75. The Kier molecular flexibility index (Phi) is 6.63. The molecule has 8 nitrogen and oxygen atoms in total. The molecule has 0 saturated heterocycles. The zero-order valence-corrected chi connectivity index (χ0v) is 17.5. The third-order valence-corrected chi connectivity index (χ3v) is 4.74. The Bertz CT molecular complexity index is 1200. The van der Waals surface area contributed by atoms with Crippen LogP contribution in [0.2, 0.25) is 5.02 Å². The number of alkyl halides is 3. The molecule has 1 aromatic carbocycles. The van der Waals surface area contributed by atoms with E-state index in [1.54, 1.807) is 13.8 Å². The van der Waals surface area contributed by atoms with E-state index >= 15 is 0 Å². The monoisotopic (exact) mass is 473 g/mol. The molecule has 2 heterocycles. The number of benzene rings is 1. The van der Waals surface area contributed by atoms with Gasteiger partial charge in [0.1, 0.15) is 5.82 Å². The van der Waals surface area contributed by atoms with Gasteiger partial charge in [-0.1, -0.05) is 11.6 Å². The van der Waals surface area contributed by atoms with Crippen LogP contribution in [0.4, 0.5) is 23.2 Å². The Morgan fingerprint density at radius 1 is 1.22 bits per heavy atom. The molecule has 0 radical (unpaired) electrons. The smallest absolute Gasteiger partial charge is 0.453 e. The maximum absolute atomic E-state index is 13.1.